The van der Waals surface area contributed by atoms with Crippen LogP contribution in [0.3, 0.4) is 0 Å². The van der Waals surface area contributed by atoms with Gasteiger partial charge in [0.15, 0.2) is 6.10 Å². The Labute approximate surface area is 217 Å². The summed E-state index contributed by atoms with van der Waals surface area (Å²) in [6.07, 6.45) is 3.22. The molecule has 0 saturated heterocycles. The molecule has 2 aliphatic rings. The SMILES string of the molecule is CC1(O[C@H](C(=O)N2Cc3cccc(OCc4ccccc4)c3CC2C(=O)O)c2ccccc2)CCCC1. The van der Waals surface area contributed by atoms with E-state index in [-0.39, 0.29) is 18.9 Å². The molecule has 1 saturated carbocycles. The van der Waals surface area contributed by atoms with Crippen molar-refractivity contribution in [3.05, 3.63) is 101 Å². The molecule has 0 aromatic heterocycles. The Kier molecular flexibility index (Phi) is 7.28. The van der Waals surface area contributed by atoms with Gasteiger partial charge < -0.3 is 19.5 Å². The zero-order chi connectivity index (χ0) is 25.8. The number of benzene rings is 3. The predicted molar refractivity (Wildman–Crippen MR) is 140 cm³/mol. The highest BCUT2D eigenvalue weighted by Gasteiger charge is 2.42. The fourth-order valence-electron chi connectivity index (χ4n) is 5.48. The summed E-state index contributed by atoms with van der Waals surface area (Å²) < 4.78 is 12.6. The Balaban J connectivity index is 1.43. The van der Waals surface area contributed by atoms with E-state index in [4.69, 9.17) is 9.47 Å². The average Bonchev–Trinajstić information content (AvgIpc) is 3.36. The average molecular weight is 500 g/mol. The lowest BCUT2D eigenvalue weighted by molar-refractivity contribution is -0.166. The lowest BCUT2D eigenvalue weighted by atomic mass is 9.92. The first kappa shape index (κ1) is 25.0. The van der Waals surface area contributed by atoms with Crippen LogP contribution in [0.1, 0.15) is 61.0 Å². The van der Waals surface area contributed by atoms with Crippen LogP contribution in [0.2, 0.25) is 0 Å². The molecule has 1 aliphatic heterocycles. The van der Waals surface area contributed by atoms with Gasteiger partial charge in [0.2, 0.25) is 0 Å². The van der Waals surface area contributed by atoms with Crippen LogP contribution in [-0.2, 0) is 33.9 Å². The van der Waals surface area contributed by atoms with Crippen molar-refractivity contribution in [2.24, 2.45) is 0 Å². The molecule has 3 aromatic carbocycles. The van der Waals surface area contributed by atoms with E-state index in [1.807, 2.05) is 78.9 Å². The maximum absolute atomic E-state index is 14.1. The van der Waals surface area contributed by atoms with E-state index in [0.717, 1.165) is 47.9 Å². The quantitative estimate of drug-likeness (QED) is 0.431. The molecule has 6 heteroatoms. The Morgan fingerprint density at radius 3 is 2.32 bits per heavy atom. The number of ether oxygens (including phenoxy) is 2. The third kappa shape index (κ3) is 5.54. The molecule has 0 bridgehead atoms. The molecule has 37 heavy (non-hydrogen) atoms. The summed E-state index contributed by atoms with van der Waals surface area (Å²) in [6, 6.07) is 24.0. The topological polar surface area (TPSA) is 76.1 Å². The van der Waals surface area contributed by atoms with Gasteiger partial charge in [0, 0.05) is 18.5 Å². The molecular formula is C31H33NO5. The molecule has 1 amide bonds. The van der Waals surface area contributed by atoms with Crippen molar-refractivity contribution in [3.63, 3.8) is 0 Å². The first-order valence-corrected chi connectivity index (χ1v) is 13.0. The molecule has 6 nitrogen and oxygen atoms in total. The highest BCUT2D eigenvalue weighted by molar-refractivity contribution is 5.88. The molecule has 1 heterocycles. The Morgan fingerprint density at radius 1 is 0.973 bits per heavy atom. The standard InChI is InChI=1S/C31H33NO5/c1-31(17-8-9-18-31)37-28(23-13-6-3-7-14-23)29(33)32-20-24-15-10-16-27(25(24)19-26(32)30(34)35)36-21-22-11-4-2-5-12-22/h2-7,10-16,26,28H,8-9,17-21H2,1H3,(H,34,35)/t26?,28-/m0/s1. The number of fused-ring (bicyclic) bond motifs is 1. The molecule has 5 rings (SSSR count). The van der Waals surface area contributed by atoms with Gasteiger partial charge in [0.1, 0.15) is 18.4 Å². The first-order valence-electron chi connectivity index (χ1n) is 13.0. The van der Waals surface area contributed by atoms with Crippen molar-refractivity contribution < 1.29 is 24.2 Å². The number of carboxylic acids is 1. The van der Waals surface area contributed by atoms with Crippen molar-refractivity contribution >= 4 is 11.9 Å². The van der Waals surface area contributed by atoms with Crippen LogP contribution in [0, 0.1) is 0 Å². The van der Waals surface area contributed by atoms with Crippen LogP contribution in [0.25, 0.3) is 0 Å². The van der Waals surface area contributed by atoms with E-state index < -0.39 is 23.7 Å². The largest absolute Gasteiger partial charge is 0.489 e. The highest BCUT2D eigenvalue weighted by Crippen LogP contribution is 2.39. The van der Waals surface area contributed by atoms with Crippen molar-refractivity contribution in [2.75, 3.05) is 0 Å². The van der Waals surface area contributed by atoms with Gasteiger partial charge in [-0.3, -0.25) is 4.79 Å². The molecule has 0 spiro atoms. The summed E-state index contributed by atoms with van der Waals surface area (Å²) in [5.74, 6) is -0.683. The van der Waals surface area contributed by atoms with Crippen molar-refractivity contribution in [1.29, 1.82) is 0 Å². The molecule has 1 fully saturated rings. The summed E-state index contributed by atoms with van der Waals surface area (Å²) in [5.41, 5.74) is 3.12. The molecule has 192 valence electrons. The molecule has 1 N–H and O–H groups in total. The number of carboxylic acid groups (broad SMARTS) is 1. The van der Waals surface area contributed by atoms with E-state index in [0.29, 0.717) is 12.4 Å². The Morgan fingerprint density at radius 2 is 1.65 bits per heavy atom. The van der Waals surface area contributed by atoms with E-state index in [2.05, 4.69) is 6.92 Å². The number of rotatable bonds is 8. The predicted octanol–water partition coefficient (Wildman–Crippen LogP) is 5.69. The lowest BCUT2D eigenvalue weighted by Crippen LogP contribution is -2.51. The monoisotopic (exact) mass is 499 g/mol. The van der Waals surface area contributed by atoms with Crippen molar-refractivity contribution in [2.45, 2.75) is 69.9 Å². The molecule has 2 atom stereocenters. The normalized spacial score (nSPS) is 19.2. The zero-order valence-electron chi connectivity index (χ0n) is 21.1. The second kappa shape index (κ2) is 10.8. The van der Waals surface area contributed by atoms with Gasteiger partial charge in [-0.05, 0) is 42.5 Å². The van der Waals surface area contributed by atoms with Crippen molar-refractivity contribution in [3.8, 4) is 5.75 Å². The van der Waals surface area contributed by atoms with E-state index in [1.165, 1.54) is 4.90 Å². The van der Waals surface area contributed by atoms with E-state index in [9.17, 15) is 14.7 Å². The van der Waals surface area contributed by atoms with Gasteiger partial charge in [0.05, 0.1) is 5.60 Å². The van der Waals surface area contributed by atoms with Gasteiger partial charge in [-0.1, -0.05) is 85.6 Å². The minimum Gasteiger partial charge on any atom is -0.489 e. The molecular weight excluding hydrogens is 466 g/mol. The van der Waals surface area contributed by atoms with Crippen LogP contribution >= 0.6 is 0 Å². The fraction of sp³-hybridized carbons (Fsp3) is 0.355. The van der Waals surface area contributed by atoms with Gasteiger partial charge in [-0.15, -0.1) is 0 Å². The van der Waals surface area contributed by atoms with Crippen LogP contribution < -0.4 is 4.74 Å². The summed E-state index contributed by atoms with van der Waals surface area (Å²) >= 11 is 0. The van der Waals surface area contributed by atoms with Crippen LogP contribution in [0.4, 0.5) is 0 Å². The van der Waals surface area contributed by atoms with Crippen LogP contribution in [0.15, 0.2) is 78.9 Å². The smallest absolute Gasteiger partial charge is 0.326 e. The lowest BCUT2D eigenvalue weighted by Gasteiger charge is -2.39. The van der Waals surface area contributed by atoms with E-state index >= 15 is 0 Å². The molecule has 1 unspecified atom stereocenters. The second-order valence-electron chi connectivity index (χ2n) is 10.3. The minimum absolute atomic E-state index is 0.181. The fourth-order valence-corrected chi connectivity index (χ4v) is 5.48. The molecule has 1 aliphatic carbocycles. The second-order valence-corrected chi connectivity index (χ2v) is 10.3. The zero-order valence-corrected chi connectivity index (χ0v) is 21.1. The third-order valence-corrected chi connectivity index (χ3v) is 7.54. The summed E-state index contributed by atoms with van der Waals surface area (Å²) in [6.45, 7) is 2.64. The van der Waals surface area contributed by atoms with Gasteiger partial charge in [-0.2, -0.15) is 0 Å². The maximum atomic E-state index is 14.1. The minimum atomic E-state index is -1.03. The number of amides is 1. The number of hydrogen-bond donors (Lipinski definition) is 1. The van der Waals surface area contributed by atoms with Gasteiger partial charge in [-0.25, -0.2) is 4.79 Å². The summed E-state index contributed by atoms with van der Waals surface area (Å²) in [5, 5.41) is 10.2. The Bertz CT molecular complexity index is 1240. The number of nitrogens with zero attached hydrogens (tertiary/aromatic N) is 1. The summed E-state index contributed by atoms with van der Waals surface area (Å²) in [7, 11) is 0. The third-order valence-electron chi connectivity index (χ3n) is 7.54. The Hall–Kier alpha value is -3.64. The van der Waals surface area contributed by atoms with Gasteiger partial charge in [0.25, 0.3) is 5.91 Å². The number of carbonyl (C=O) groups excluding carboxylic acids is 1. The molecule has 0 radical (unpaired) electrons. The first-order chi connectivity index (χ1) is 17.9. The summed E-state index contributed by atoms with van der Waals surface area (Å²) in [4.78, 5) is 28.0. The van der Waals surface area contributed by atoms with Gasteiger partial charge >= 0.3 is 5.97 Å². The van der Waals surface area contributed by atoms with Crippen molar-refractivity contribution in [1.82, 2.24) is 4.90 Å². The number of carbonyl (C=O) groups is 2. The molecule has 3 aromatic rings. The van der Waals surface area contributed by atoms with Crippen LogP contribution in [-0.4, -0.2) is 33.5 Å². The van der Waals surface area contributed by atoms with Crippen LogP contribution in [0.5, 0.6) is 5.75 Å². The highest BCUT2D eigenvalue weighted by atomic mass is 16.5. The number of aliphatic carboxylic acids is 1. The maximum Gasteiger partial charge on any atom is 0.326 e. The van der Waals surface area contributed by atoms with E-state index in [1.54, 1.807) is 0 Å². The number of hydrogen-bond acceptors (Lipinski definition) is 4.